The van der Waals surface area contributed by atoms with Crippen molar-refractivity contribution >= 4 is 40.2 Å². The number of hydrogen-bond acceptors (Lipinski definition) is 4. The molecule has 0 spiro atoms. The minimum Gasteiger partial charge on any atom is -0.383 e. The predicted octanol–water partition coefficient (Wildman–Crippen LogP) is 3.97. The maximum Gasteiger partial charge on any atom is 0.141 e. The monoisotopic (exact) mass is 401 g/mol. The average Bonchev–Trinajstić information content (AvgIpc) is 3.24. The molecule has 1 aliphatic rings. The van der Waals surface area contributed by atoms with E-state index in [0.29, 0.717) is 17.5 Å². The van der Waals surface area contributed by atoms with Gasteiger partial charge in [-0.15, -0.1) is 11.8 Å². The molecule has 0 saturated heterocycles. The van der Waals surface area contributed by atoms with Crippen LogP contribution in [0.1, 0.15) is 30.3 Å². The number of halogens is 2. The summed E-state index contributed by atoms with van der Waals surface area (Å²) < 4.78 is 14.1. The van der Waals surface area contributed by atoms with Crippen molar-refractivity contribution in [2.45, 2.75) is 29.4 Å². The number of benzene rings is 1. The molecule has 1 fully saturated rings. The minimum absolute atomic E-state index is 0.225. The molecule has 2 N–H and O–H groups in total. The maximum absolute atomic E-state index is 13.1. The first kappa shape index (κ1) is 14.1. The van der Waals surface area contributed by atoms with Gasteiger partial charge in [0.2, 0.25) is 0 Å². The Balaban J connectivity index is 1.77. The fraction of sp³-hybridized carbons (Fsp3) is 0.286. The van der Waals surface area contributed by atoms with Crippen LogP contribution >= 0.6 is 34.4 Å². The first-order chi connectivity index (χ1) is 9.63. The van der Waals surface area contributed by atoms with Gasteiger partial charge in [-0.05, 0) is 53.6 Å². The molecule has 0 unspecified atom stereocenters. The predicted molar refractivity (Wildman–Crippen MR) is 87.1 cm³/mol. The second kappa shape index (κ2) is 5.85. The molecule has 0 radical (unpaired) electrons. The highest BCUT2D eigenvalue weighted by Gasteiger charge is 2.28. The highest BCUT2D eigenvalue weighted by Crippen LogP contribution is 2.42. The maximum atomic E-state index is 13.1. The van der Waals surface area contributed by atoms with E-state index in [2.05, 4.69) is 32.6 Å². The van der Waals surface area contributed by atoms with E-state index in [1.165, 1.54) is 36.7 Å². The summed E-state index contributed by atoms with van der Waals surface area (Å²) in [4.78, 5) is 9.82. The summed E-state index contributed by atoms with van der Waals surface area (Å²) in [6, 6.07) is 6.54. The molecule has 3 rings (SSSR count). The number of aromatic nitrogens is 2. The molecule has 0 bridgehead atoms. The molecule has 1 aromatic carbocycles. The fourth-order valence-corrected chi connectivity index (χ4v) is 3.41. The van der Waals surface area contributed by atoms with Gasteiger partial charge in [0, 0.05) is 10.8 Å². The molecule has 1 heterocycles. The summed E-state index contributed by atoms with van der Waals surface area (Å²) in [7, 11) is 0. The highest BCUT2D eigenvalue weighted by atomic mass is 127. The molecule has 2 aromatic rings. The third kappa shape index (κ3) is 3.22. The van der Waals surface area contributed by atoms with E-state index in [-0.39, 0.29) is 5.82 Å². The normalized spacial score (nSPS) is 14.5. The van der Waals surface area contributed by atoms with Gasteiger partial charge in [0.15, 0.2) is 0 Å². The third-order valence-electron chi connectivity index (χ3n) is 3.08. The number of thioether (sulfide) groups is 1. The molecule has 1 aromatic heterocycles. The minimum atomic E-state index is -0.225. The summed E-state index contributed by atoms with van der Waals surface area (Å²) in [6.07, 6.45) is 2.37. The molecule has 0 amide bonds. The second-order valence-corrected chi connectivity index (χ2v) is 6.87. The van der Waals surface area contributed by atoms with Crippen molar-refractivity contribution in [2.75, 3.05) is 5.73 Å². The van der Waals surface area contributed by atoms with Crippen LogP contribution in [-0.2, 0) is 5.75 Å². The van der Waals surface area contributed by atoms with Crippen LogP contribution in [0.5, 0.6) is 0 Å². The highest BCUT2D eigenvalue weighted by molar-refractivity contribution is 14.1. The summed E-state index contributed by atoms with van der Waals surface area (Å²) in [5, 5.41) is 0. The standard InChI is InChI=1S/C14H13FIN3S/c15-9-2-1-3-10(6-9)20-7-11-18-13(8-4-5-8)12(16)14(17)19-11/h1-3,6,8H,4-5,7H2,(H2,17,18,19). The number of rotatable bonds is 4. The zero-order chi connectivity index (χ0) is 14.1. The Morgan fingerprint density at radius 3 is 2.85 bits per heavy atom. The average molecular weight is 401 g/mol. The van der Waals surface area contributed by atoms with Gasteiger partial charge in [-0.25, -0.2) is 14.4 Å². The molecule has 20 heavy (non-hydrogen) atoms. The van der Waals surface area contributed by atoms with Gasteiger partial charge in [0.1, 0.15) is 17.5 Å². The van der Waals surface area contributed by atoms with Crippen molar-refractivity contribution in [1.82, 2.24) is 9.97 Å². The fourth-order valence-electron chi connectivity index (χ4n) is 1.93. The lowest BCUT2D eigenvalue weighted by Gasteiger charge is -2.08. The topological polar surface area (TPSA) is 51.8 Å². The Kier molecular flexibility index (Phi) is 4.11. The smallest absolute Gasteiger partial charge is 0.141 e. The molecular formula is C14H13FIN3S. The number of nitrogen functional groups attached to an aromatic ring is 1. The number of hydrogen-bond donors (Lipinski definition) is 1. The van der Waals surface area contributed by atoms with Crippen molar-refractivity contribution in [3.8, 4) is 0 Å². The molecule has 1 aliphatic carbocycles. The van der Waals surface area contributed by atoms with Gasteiger partial charge in [-0.2, -0.15) is 0 Å². The molecular weight excluding hydrogens is 388 g/mol. The Bertz CT molecular complexity index is 646. The van der Waals surface area contributed by atoms with E-state index < -0.39 is 0 Å². The van der Waals surface area contributed by atoms with Gasteiger partial charge >= 0.3 is 0 Å². The number of nitrogens with two attached hydrogens (primary N) is 1. The van der Waals surface area contributed by atoms with Crippen LogP contribution in [0.3, 0.4) is 0 Å². The second-order valence-electron chi connectivity index (χ2n) is 4.74. The lowest BCUT2D eigenvalue weighted by Crippen LogP contribution is -2.06. The Labute approximate surface area is 134 Å². The van der Waals surface area contributed by atoms with Crippen molar-refractivity contribution in [2.24, 2.45) is 0 Å². The van der Waals surface area contributed by atoms with Gasteiger partial charge in [-0.3, -0.25) is 0 Å². The molecule has 0 aliphatic heterocycles. The van der Waals surface area contributed by atoms with Gasteiger partial charge in [-0.1, -0.05) is 6.07 Å². The van der Waals surface area contributed by atoms with Gasteiger partial charge in [0.25, 0.3) is 0 Å². The number of anilines is 1. The Hall–Kier alpha value is -0.890. The van der Waals surface area contributed by atoms with E-state index >= 15 is 0 Å². The largest absolute Gasteiger partial charge is 0.383 e. The van der Waals surface area contributed by atoms with Crippen LogP contribution in [0, 0.1) is 9.39 Å². The molecule has 3 nitrogen and oxygen atoms in total. The van der Waals surface area contributed by atoms with Crippen molar-refractivity contribution < 1.29 is 4.39 Å². The lowest BCUT2D eigenvalue weighted by atomic mass is 10.3. The first-order valence-corrected chi connectivity index (χ1v) is 8.40. The zero-order valence-corrected chi connectivity index (χ0v) is 13.6. The SMILES string of the molecule is Nc1nc(CSc2cccc(F)c2)nc(C2CC2)c1I. The van der Waals surface area contributed by atoms with Gasteiger partial charge < -0.3 is 5.73 Å². The quantitative estimate of drug-likeness (QED) is 0.622. The number of nitrogens with zero attached hydrogens (tertiary/aromatic N) is 2. The van der Waals surface area contributed by atoms with Gasteiger partial charge in [0.05, 0.1) is 15.0 Å². The van der Waals surface area contributed by atoms with E-state index in [9.17, 15) is 4.39 Å². The zero-order valence-electron chi connectivity index (χ0n) is 10.6. The van der Waals surface area contributed by atoms with E-state index in [0.717, 1.165) is 20.0 Å². The lowest BCUT2D eigenvalue weighted by molar-refractivity contribution is 0.624. The third-order valence-corrected chi connectivity index (χ3v) is 5.17. The van der Waals surface area contributed by atoms with Crippen molar-refractivity contribution in [1.29, 1.82) is 0 Å². The Morgan fingerprint density at radius 1 is 1.35 bits per heavy atom. The van der Waals surface area contributed by atoms with Crippen molar-refractivity contribution in [3.05, 3.63) is 45.2 Å². The van der Waals surface area contributed by atoms with Crippen LogP contribution < -0.4 is 5.73 Å². The van der Waals surface area contributed by atoms with E-state index in [1.54, 1.807) is 6.07 Å². The summed E-state index contributed by atoms with van der Waals surface area (Å²) in [5.74, 6) is 2.20. The van der Waals surface area contributed by atoms with Crippen LogP contribution in [0.2, 0.25) is 0 Å². The first-order valence-electron chi connectivity index (χ1n) is 6.33. The summed E-state index contributed by atoms with van der Waals surface area (Å²) in [6.45, 7) is 0. The van der Waals surface area contributed by atoms with Crippen LogP contribution in [0.15, 0.2) is 29.2 Å². The molecule has 6 heteroatoms. The van der Waals surface area contributed by atoms with Crippen LogP contribution in [0.25, 0.3) is 0 Å². The summed E-state index contributed by atoms with van der Waals surface area (Å²) >= 11 is 3.73. The summed E-state index contributed by atoms with van der Waals surface area (Å²) in [5.41, 5.74) is 7.03. The molecule has 1 saturated carbocycles. The molecule has 104 valence electrons. The van der Waals surface area contributed by atoms with Crippen molar-refractivity contribution in [3.63, 3.8) is 0 Å². The van der Waals surface area contributed by atoms with E-state index in [4.69, 9.17) is 5.73 Å². The van der Waals surface area contributed by atoms with E-state index in [1.807, 2.05) is 6.07 Å². The van der Waals surface area contributed by atoms with Crippen LogP contribution in [0.4, 0.5) is 10.2 Å². The van der Waals surface area contributed by atoms with Crippen LogP contribution in [-0.4, -0.2) is 9.97 Å². The Morgan fingerprint density at radius 2 is 2.15 bits per heavy atom. The molecule has 0 atom stereocenters.